The van der Waals surface area contributed by atoms with Crippen molar-refractivity contribution in [1.29, 1.82) is 0 Å². The Bertz CT molecular complexity index is 1680. The molecule has 0 saturated carbocycles. The van der Waals surface area contributed by atoms with Crippen LogP contribution < -0.4 is 10.7 Å². The molecule has 0 radical (unpaired) electrons. The Morgan fingerprint density at radius 1 is 1.09 bits per heavy atom. The lowest BCUT2D eigenvalue weighted by molar-refractivity contribution is 0.0698. The van der Waals surface area contributed by atoms with Crippen LogP contribution in [0.5, 0.6) is 0 Å². The lowest BCUT2D eigenvalue weighted by Gasteiger charge is -2.20. The maximum absolute atomic E-state index is 13.4. The fourth-order valence-corrected chi connectivity index (χ4v) is 4.52. The highest BCUT2D eigenvalue weighted by Crippen LogP contribution is 2.32. The van der Waals surface area contributed by atoms with Gasteiger partial charge in [0.2, 0.25) is 0 Å². The normalized spacial score (nSPS) is 12.2. The van der Waals surface area contributed by atoms with E-state index >= 15 is 0 Å². The van der Waals surface area contributed by atoms with E-state index in [0.29, 0.717) is 28.0 Å². The Hall–Kier alpha value is -4.39. The summed E-state index contributed by atoms with van der Waals surface area (Å²) in [6.45, 7) is 7.56. The van der Waals surface area contributed by atoms with Crippen molar-refractivity contribution in [2.75, 3.05) is 5.32 Å². The minimum atomic E-state index is -1.01. The molecule has 3 heterocycles. The van der Waals surface area contributed by atoms with Crippen molar-refractivity contribution in [3.63, 3.8) is 0 Å². The van der Waals surface area contributed by atoms with E-state index in [4.69, 9.17) is 4.42 Å². The van der Waals surface area contributed by atoms with Crippen LogP contribution in [0.3, 0.4) is 0 Å². The quantitative estimate of drug-likeness (QED) is 0.334. The monoisotopic (exact) mass is 467 g/mol. The van der Waals surface area contributed by atoms with Crippen LogP contribution in [0.4, 0.5) is 5.69 Å². The first-order chi connectivity index (χ1) is 16.7. The van der Waals surface area contributed by atoms with E-state index in [0.717, 1.165) is 28.0 Å². The van der Waals surface area contributed by atoms with Gasteiger partial charge in [-0.2, -0.15) is 0 Å². The highest BCUT2D eigenvalue weighted by Gasteiger charge is 2.20. The molecule has 5 aromatic rings. The number of para-hydroxylation sites is 1. The number of rotatable bonds is 5. The Labute approximate surface area is 201 Å². The maximum atomic E-state index is 13.4. The Balaban J connectivity index is 1.68. The van der Waals surface area contributed by atoms with Crippen molar-refractivity contribution < 1.29 is 14.3 Å². The lowest BCUT2D eigenvalue weighted by Crippen LogP contribution is -2.14. The van der Waals surface area contributed by atoms with Crippen LogP contribution in [-0.2, 0) is 0 Å². The number of aryl methyl sites for hydroxylation is 2. The molecule has 0 aliphatic rings. The average molecular weight is 468 g/mol. The van der Waals surface area contributed by atoms with Gasteiger partial charge in [-0.25, -0.2) is 9.78 Å². The molecular formula is C28H25N3O4. The smallest absolute Gasteiger partial charge is 0.337 e. The number of nitrogens with one attached hydrogen (secondary N) is 1. The van der Waals surface area contributed by atoms with E-state index in [1.807, 2.05) is 61.8 Å². The maximum Gasteiger partial charge on any atom is 0.337 e. The van der Waals surface area contributed by atoms with Crippen LogP contribution in [0.25, 0.3) is 27.9 Å². The lowest BCUT2D eigenvalue weighted by atomic mass is 9.98. The Kier molecular flexibility index (Phi) is 5.40. The fourth-order valence-electron chi connectivity index (χ4n) is 4.52. The van der Waals surface area contributed by atoms with Crippen molar-refractivity contribution >= 4 is 28.3 Å². The number of anilines is 1. The number of pyridine rings is 1. The van der Waals surface area contributed by atoms with Crippen molar-refractivity contribution in [2.24, 2.45) is 0 Å². The molecule has 7 nitrogen and oxygen atoms in total. The van der Waals surface area contributed by atoms with Gasteiger partial charge in [0, 0.05) is 34.8 Å². The number of fused-ring (bicyclic) bond motifs is 2. The summed E-state index contributed by atoms with van der Waals surface area (Å²) >= 11 is 0. The van der Waals surface area contributed by atoms with Crippen LogP contribution in [0.15, 0.2) is 70.1 Å². The summed E-state index contributed by atoms with van der Waals surface area (Å²) in [6, 6.07) is 14.0. The molecule has 0 fully saturated rings. The van der Waals surface area contributed by atoms with Crippen molar-refractivity contribution in [2.45, 2.75) is 33.7 Å². The molecule has 0 spiro atoms. The number of hydrogen-bond acceptors (Lipinski definition) is 5. The molecule has 176 valence electrons. The highest BCUT2D eigenvalue weighted by molar-refractivity contribution is 5.94. The summed E-state index contributed by atoms with van der Waals surface area (Å²) in [4.78, 5) is 29.6. The van der Waals surface area contributed by atoms with Crippen molar-refractivity contribution in [3.05, 3.63) is 99.1 Å². The standard InChI is InChI=1S/C28H25N3O4/c1-15-11-21(18(4)30-23-8-6-5-7-20(23)28(33)34)27-22(12-15)25(32)17(3)26(35-27)19-9-10-24-29-16(2)13-31(24)14-19/h5-14,18,30H,1-4H3,(H,33,34). The molecule has 0 saturated heterocycles. The Morgan fingerprint density at radius 3 is 2.63 bits per heavy atom. The molecule has 2 N–H and O–H groups in total. The van der Waals surface area contributed by atoms with Crippen LogP contribution in [-0.4, -0.2) is 20.5 Å². The average Bonchev–Trinajstić information content (AvgIpc) is 3.20. The van der Waals surface area contributed by atoms with Crippen LogP contribution in [0, 0.1) is 20.8 Å². The second-order valence-corrected chi connectivity index (χ2v) is 8.90. The summed E-state index contributed by atoms with van der Waals surface area (Å²) < 4.78 is 8.36. The fraction of sp³-hybridized carbons (Fsp3) is 0.179. The first-order valence-electron chi connectivity index (χ1n) is 11.4. The first kappa shape index (κ1) is 22.4. The Morgan fingerprint density at radius 2 is 1.86 bits per heavy atom. The van der Waals surface area contributed by atoms with Gasteiger partial charge in [-0.15, -0.1) is 0 Å². The SMILES string of the molecule is Cc1cc(C(C)Nc2ccccc2C(=O)O)c2oc(-c3ccc4nc(C)cn4c3)c(C)c(=O)c2c1. The van der Waals surface area contributed by atoms with E-state index in [2.05, 4.69) is 10.3 Å². The zero-order valence-electron chi connectivity index (χ0n) is 19.9. The molecule has 2 aromatic carbocycles. The number of hydrogen-bond donors (Lipinski definition) is 2. The summed E-state index contributed by atoms with van der Waals surface area (Å²) in [5.74, 6) is -0.511. The predicted molar refractivity (Wildman–Crippen MR) is 136 cm³/mol. The second-order valence-electron chi connectivity index (χ2n) is 8.90. The molecule has 0 aliphatic carbocycles. The van der Waals surface area contributed by atoms with E-state index < -0.39 is 5.97 Å². The van der Waals surface area contributed by atoms with E-state index in [-0.39, 0.29) is 17.0 Å². The minimum Gasteiger partial charge on any atom is -0.478 e. The molecule has 3 aromatic heterocycles. The van der Waals surface area contributed by atoms with Crippen LogP contribution in [0.2, 0.25) is 0 Å². The summed E-state index contributed by atoms with van der Waals surface area (Å²) in [5.41, 5.74) is 5.78. The molecule has 0 aliphatic heterocycles. The van der Waals surface area contributed by atoms with Gasteiger partial charge < -0.3 is 19.2 Å². The molecule has 5 rings (SSSR count). The van der Waals surface area contributed by atoms with Gasteiger partial charge in [0.15, 0.2) is 5.43 Å². The molecule has 35 heavy (non-hydrogen) atoms. The first-order valence-corrected chi connectivity index (χ1v) is 11.4. The third-order valence-electron chi connectivity index (χ3n) is 6.22. The number of imidazole rings is 1. The number of aromatic nitrogens is 2. The minimum absolute atomic E-state index is 0.0914. The molecule has 0 bridgehead atoms. The third kappa shape index (κ3) is 3.95. The second kappa shape index (κ2) is 8.43. The number of benzene rings is 2. The molecule has 0 amide bonds. The van der Waals surface area contributed by atoms with Crippen LogP contribution >= 0.6 is 0 Å². The number of carboxylic acids is 1. The van der Waals surface area contributed by atoms with Crippen LogP contribution in [0.1, 0.15) is 45.7 Å². The molecule has 1 atom stereocenters. The van der Waals surface area contributed by atoms with Crippen molar-refractivity contribution in [1.82, 2.24) is 9.38 Å². The summed E-state index contributed by atoms with van der Waals surface area (Å²) in [6.07, 6.45) is 3.83. The zero-order valence-corrected chi connectivity index (χ0v) is 19.9. The van der Waals surface area contributed by atoms with Gasteiger partial charge in [-0.05, 0) is 63.6 Å². The van der Waals surface area contributed by atoms with Gasteiger partial charge in [-0.1, -0.05) is 18.2 Å². The largest absolute Gasteiger partial charge is 0.478 e. The molecule has 7 heteroatoms. The van der Waals surface area contributed by atoms with E-state index in [9.17, 15) is 14.7 Å². The molecule has 1 unspecified atom stereocenters. The number of nitrogens with zero attached hydrogens (tertiary/aromatic N) is 2. The van der Waals surface area contributed by atoms with Gasteiger partial charge in [0.1, 0.15) is 17.0 Å². The van der Waals surface area contributed by atoms with Gasteiger partial charge in [0.25, 0.3) is 0 Å². The number of aromatic carboxylic acids is 1. The van der Waals surface area contributed by atoms with Gasteiger partial charge in [-0.3, -0.25) is 4.79 Å². The topological polar surface area (TPSA) is 96.8 Å². The molecular weight excluding hydrogens is 442 g/mol. The highest BCUT2D eigenvalue weighted by atomic mass is 16.4. The van der Waals surface area contributed by atoms with E-state index in [1.165, 1.54) is 0 Å². The summed E-state index contributed by atoms with van der Waals surface area (Å²) in [5, 5.41) is 13.4. The van der Waals surface area contributed by atoms with Gasteiger partial charge >= 0.3 is 5.97 Å². The van der Waals surface area contributed by atoms with E-state index in [1.54, 1.807) is 31.2 Å². The summed E-state index contributed by atoms with van der Waals surface area (Å²) in [7, 11) is 0. The van der Waals surface area contributed by atoms with Crippen molar-refractivity contribution in [3.8, 4) is 11.3 Å². The number of carbonyl (C=O) groups is 1. The third-order valence-corrected chi connectivity index (χ3v) is 6.22. The van der Waals surface area contributed by atoms with Gasteiger partial charge in [0.05, 0.1) is 22.7 Å². The predicted octanol–water partition coefficient (Wildman–Crippen LogP) is 5.90. The number of carboxylic acid groups (broad SMARTS) is 1. The zero-order chi connectivity index (χ0) is 24.9.